The van der Waals surface area contributed by atoms with Crippen LogP contribution in [0.2, 0.25) is 0 Å². The number of carbonyl (C=O) groups excluding carboxylic acids is 2. The average Bonchev–Trinajstić information content (AvgIpc) is 2.29. The Morgan fingerprint density at radius 3 is 2.21 bits per heavy atom. The highest BCUT2D eigenvalue weighted by Gasteiger charge is 2.25. The molecule has 1 aromatic rings. The summed E-state index contributed by atoms with van der Waals surface area (Å²) in [5, 5.41) is 2.70. The first-order chi connectivity index (χ1) is 8.31. The van der Waals surface area contributed by atoms with Gasteiger partial charge in [-0.2, -0.15) is 0 Å². The average molecular weight is 286 g/mol. The van der Waals surface area contributed by atoms with Crippen molar-refractivity contribution in [2.75, 3.05) is 12.3 Å². The van der Waals surface area contributed by atoms with Crippen molar-refractivity contribution in [1.29, 1.82) is 0 Å². The summed E-state index contributed by atoms with van der Waals surface area (Å²) in [4.78, 5) is 22.8. The molecule has 0 spiro atoms. The van der Waals surface area contributed by atoms with Gasteiger partial charge in [-0.1, -0.05) is 12.1 Å². The Hall–Kier alpha value is -1.75. The second kappa shape index (κ2) is 6.99. The van der Waals surface area contributed by atoms with Crippen LogP contribution in [0.5, 0.6) is 0 Å². The Morgan fingerprint density at radius 1 is 1.21 bits per heavy atom. The molecule has 1 rings (SSSR count). The number of hydrogen-bond acceptors (Lipinski definition) is 3. The Balaban J connectivity index is 0.00000324. The zero-order chi connectivity index (χ0) is 13.8. The zero-order valence-corrected chi connectivity index (χ0v) is 11.9. The second-order valence-corrected chi connectivity index (χ2v) is 4.94. The van der Waals surface area contributed by atoms with Crippen molar-refractivity contribution in [2.45, 2.75) is 20.3 Å². The van der Waals surface area contributed by atoms with Gasteiger partial charge in [-0.25, -0.2) is 0 Å². The van der Waals surface area contributed by atoms with Crippen molar-refractivity contribution >= 4 is 29.9 Å². The summed E-state index contributed by atoms with van der Waals surface area (Å²) in [6.45, 7) is 3.62. The fourth-order valence-corrected chi connectivity index (χ4v) is 1.29. The maximum atomic E-state index is 11.7. The summed E-state index contributed by atoms with van der Waals surface area (Å²) < 4.78 is 0. The van der Waals surface area contributed by atoms with Gasteiger partial charge in [0, 0.05) is 12.2 Å². The largest absolute Gasteiger partial charge is 0.399 e. The number of hydrogen-bond donors (Lipinski definition) is 3. The van der Waals surface area contributed by atoms with Crippen molar-refractivity contribution in [3.05, 3.63) is 29.8 Å². The summed E-state index contributed by atoms with van der Waals surface area (Å²) in [6.07, 6.45) is 0.259. The quantitative estimate of drug-likeness (QED) is 0.700. The molecule has 5 N–H and O–H groups in total. The van der Waals surface area contributed by atoms with Gasteiger partial charge >= 0.3 is 0 Å². The van der Waals surface area contributed by atoms with E-state index in [1.54, 1.807) is 38.1 Å². The number of rotatable bonds is 5. The fraction of sp³-hybridized carbons (Fsp3) is 0.385. The minimum absolute atomic E-state index is 0. The van der Waals surface area contributed by atoms with Gasteiger partial charge < -0.3 is 16.8 Å². The van der Waals surface area contributed by atoms with E-state index in [9.17, 15) is 9.59 Å². The topological polar surface area (TPSA) is 98.2 Å². The number of primary amides is 1. The monoisotopic (exact) mass is 285 g/mol. The van der Waals surface area contributed by atoms with Crippen molar-refractivity contribution in [1.82, 2.24) is 5.32 Å². The van der Waals surface area contributed by atoms with E-state index in [1.807, 2.05) is 0 Å². The molecule has 0 unspecified atom stereocenters. The van der Waals surface area contributed by atoms with Crippen LogP contribution in [-0.2, 0) is 16.0 Å². The molecule has 106 valence electrons. The molecule has 0 bridgehead atoms. The molecule has 1 aromatic carbocycles. The van der Waals surface area contributed by atoms with Gasteiger partial charge in [-0.05, 0) is 31.5 Å². The Bertz CT molecular complexity index is 444. The summed E-state index contributed by atoms with van der Waals surface area (Å²) in [5.74, 6) is -0.579. The van der Waals surface area contributed by atoms with E-state index in [2.05, 4.69) is 5.32 Å². The Labute approximate surface area is 119 Å². The molecule has 6 heteroatoms. The molecule has 0 aromatic heterocycles. The summed E-state index contributed by atoms with van der Waals surface area (Å²) in [7, 11) is 0. The number of benzene rings is 1. The number of nitrogens with one attached hydrogen (secondary N) is 1. The van der Waals surface area contributed by atoms with Crippen LogP contribution in [0.25, 0.3) is 0 Å². The SMILES string of the molecule is CC(C)(CNC(=O)Cc1ccc(N)cc1)C(N)=O.Cl. The molecule has 0 aliphatic heterocycles. The molecule has 0 atom stereocenters. The van der Waals surface area contributed by atoms with Crippen LogP contribution in [-0.4, -0.2) is 18.4 Å². The van der Waals surface area contributed by atoms with Crippen LogP contribution in [0, 0.1) is 5.41 Å². The first kappa shape index (κ1) is 17.2. The number of carbonyl (C=O) groups is 2. The van der Waals surface area contributed by atoms with E-state index >= 15 is 0 Å². The van der Waals surface area contributed by atoms with Crippen LogP contribution in [0.4, 0.5) is 5.69 Å². The number of amides is 2. The number of nitrogen functional groups attached to an aromatic ring is 1. The lowest BCUT2D eigenvalue weighted by molar-refractivity contribution is -0.126. The van der Waals surface area contributed by atoms with Crippen molar-refractivity contribution in [2.24, 2.45) is 11.1 Å². The first-order valence-electron chi connectivity index (χ1n) is 5.72. The van der Waals surface area contributed by atoms with Gasteiger partial charge in [-0.3, -0.25) is 9.59 Å². The molecule has 2 amide bonds. The molecule has 5 nitrogen and oxygen atoms in total. The zero-order valence-electron chi connectivity index (χ0n) is 11.1. The van der Waals surface area contributed by atoms with Crippen LogP contribution in [0.3, 0.4) is 0 Å². The first-order valence-corrected chi connectivity index (χ1v) is 5.72. The van der Waals surface area contributed by atoms with E-state index in [0.717, 1.165) is 5.56 Å². The van der Waals surface area contributed by atoms with E-state index in [0.29, 0.717) is 5.69 Å². The summed E-state index contributed by atoms with van der Waals surface area (Å²) in [5.41, 5.74) is 11.6. The number of anilines is 1. The highest BCUT2D eigenvalue weighted by molar-refractivity contribution is 5.85. The molecule has 0 saturated heterocycles. The molecular weight excluding hydrogens is 266 g/mol. The van der Waals surface area contributed by atoms with E-state index < -0.39 is 11.3 Å². The molecule has 0 radical (unpaired) electrons. The van der Waals surface area contributed by atoms with Gasteiger partial charge in [0.25, 0.3) is 0 Å². The third-order valence-corrected chi connectivity index (χ3v) is 2.74. The van der Waals surface area contributed by atoms with Gasteiger partial charge in [0.05, 0.1) is 11.8 Å². The minimum Gasteiger partial charge on any atom is -0.399 e. The third-order valence-electron chi connectivity index (χ3n) is 2.74. The summed E-state index contributed by atoms with van der Waals surface area (Å²) >= 11 is 0. The Morgan fingerprint density at radius 2 is 1.74 bits per heavy atom. The second-order valence-electron chi connectivity index (χ2n) is 4.94. The molecule has 0 saturated carbocycles. The van der Waals surface area contributed by atoms with Crippen LogP contribution < -0.4 is 16.8 Å². The lowest BCUT2D eigenvalue weighted by Gasteiger charge is -2.20. The predicted molar refractivity (Wildman–Crippen MR) is 77.8 cm³/mol. The predicted octanol–water partition coefficient (Wildman–Crippen LogP) is 0.861. The summed E-state index contributed by atoms with van der Waals surface area (Å²) in [6, 6.07) is 7.09. The highest BCUT2D eigenvalue weighted by atomic mass is 35.5. The van der Waals surface area contributed by atoms with Crippen LogP contribution >= 0.6 is 12.4 Å². The van der Waals surface area contributed by atoms with Gasteiger partial charge in [0.1, 0.15) is 0 Å². The van der Waals surface area contributed by atoms with Crippen LogP contribution in [0.1, 0.15) is 19.4 Å². The van der Waals surface area contributed by atoms with Gasteiger partial charge in [0.15, 0.2) is 0 Å². The maximum Gasteiger partial charge on any atom is 0.224 e. The van der Waals surface area contributed by atoms with Gasteiger partial charge in [0.2, 0.25) is 11.8 Å². The standard InChI is InChI=1S/C13H19N3O2.ClH/c1-13(2,12(15)18)8-16-11(17)7-9-3-5-10(14)6-4-9;/h3-6H,7-8,14H2,1-2H3,(H2,15,18)(H,16,17);1H. The van der Waals surface area contributed by atoms with Crippen molar-refractivity contribution in [3.8, 4) is 0 Å². The fourth-order valence-electron chi connectivity index (χ4n) is 1.29. The smallest absolute Gasteiger partial charge is 0.224 e. The van der Waals surface area contributed by atoms with E-state index in [1.165, 1.54) is 0 Å². The van der Waals surface area contributed by atoms with Crippen LogP contribution in [0.15, 0.2) is 24.3 Å². The molecule has 0 heterocycles. The normalized spacial score (nSPS) is 10.4. The molecule has 0 aliphatic rings. The third kappa shape index (κ3) is 5.61. The van der Waals surface area contributed by atoms with Crippen molar-refractivity contribution in [3.63, 3.8) is 0 Å². The van der Waals surface area contributed by atoms with E-state index in [-0.39, 0.29) is 31.3 Å². The lowest BCUT2D eigenvalue weighted by atomic mass is 9.92. The lowest BCUT2D eigenvalue weighted by Crippen LogP contribution is -2.42. The van der Waals surface area contributed by atoms with E-state index in [4.69, 9.17) is 11.5 Å². The minimum atomic E-state index is -0.739. The molecular formula is C13H20ClN3O2. The maximum absolute atomic E-state index is 11.7. The number of halogens is 1. The highest BCUT2D eigenvalue weighted by Crippen LogP contribution is 2.12. The Kier molecular flexibility index (Phi) is 6.35. The molecule has 19 heavy (non-hydrogen) atoms. The molecule has 0 aliphatic carbocycles. The van der Waals surface area contributed by atoms with Crippen molar-refractivity contribution < 1.29 is 9.59 Å². The van der Waals surface area contributed by atoms with Gasteiger partial charge in [-0.15, -0.1) is 12.4 Å². The molecule has 0 fully saturated rings. The number of nitrogens with two attached hydrogens (primary N) is 2.